The number of halogens is 2. The van der Waals surface area contributed by atoms with Gasteiger partial charge < -0.3 is 10.6 Å². The topological polar surface area (TPSA) is 46.3 Å². The minimum atomic E-state index is -0.570. The molecule has 23 heavy (non-hydrogen) atoms. The Labute approximate surface area is 133 Å². The quantitative estimate of drug-likeness (QED) is 0.945. The Morgan fingerprint density at radius 2 is 1.83 bits per heavy atom. The van der Waals surface area contributed by atoms with Crippen LogP contribution in [0.3, 0.4) is 0 Å². The van der Waals surface area contributed by atoms with Crippen LogP contribution >= 0.6 is 0 Å². The molecule has 0 radical (unpaired) electrons. The third-order valence-corrected chi connectivity index (χ3v) is 4.29. The highest BCUT2D eigenvalue weighted by atomic mass is 19.1. The van der Waals surface area contributed by atoms with Crippen LogP contribution in [0.25, 0.3) is 11.1 Å². The van der Waals surface area contributed by atoms with E-state index in [2.05, 4.69) is 0 Å². The van der Waals surface area contributed by atoms with Crippen molar-refractivity contribution in [1.29, 1.82) is 0 Å². The monoisotopic (exact) mass is 316 g/mol. The molecule has 120 valence electrons. The van der Waals surface area contributed by atoms with Crippen molar-refractivity contribution in [2.24, 2.45) is 5.73 Å². The second-order valence-corrected chi connectivity index (χ2v) is 5.73. The molecule has 1 unspecified atom stereocenters. The highest BCUT2D eigenvalue weighted by Crippen LogP contribution is 2.25. The number of rotatable bonds is 3. The molecule has 0 aliphatic carbocycles. The predicted molar refractivity (Wildman–Crippen MR) is 84.9 cm³/mol. The van der Waals surface area contributed by atoms with E-state index in [1.807, 2.05) is 0 Å². The number of likely N-dealkylation sites (tertiary alicyclic amines) is 1. The lowest BCUT2D eigenvalue weighted by Gasteiger charge is -2.23. The zero-order valence-corrected chi connectivity index (χ0v) is 12.6. The molecule has 1 fully saturated rings. The van der Waals surface area contributed by atoms with E-state index >= 15 is 0 Å². The van der Waals surface area contributed by atoms with Crippen LogP contribution < -0.4 is 5.73 Å². The lowest BCUT2D eigenvalue weighted by Crippen LogP contribution is -2.40. The fraction of sp³-hybridized carbons (Fsp3) is 0.278. The van der Waals surface area contributed by atoms with Crippen LogP contribution in [-0.4, -0.2) is 29.9 Å². The molecule has 1 aliphatic heterocycles. The van der Waals surface area contributed by atoms with Gasteiger partial charge in [-0.25, -0.2) is 8.78 Å². The van der Waals surface area contributed by atoms with E-state index in [1.54, 1.807) is 23.1 Å². The van der Waals surface area contributed by atoms with Crippen LogP contribution in [0.2, 0.25) is 0 Å². The van der Waals surface area contributed by atoms with E-state index in [9.17, 15) is 13.6 Å². The summed E-state index contributed by atoms with van der Waals surface area (Å²) >= 11 is 0. The molecule has 3 nitrogen and oxygen atoms in total. The molecule has 3 rings (SSSR count). The van der Waals surface area contributed by atoms with Gasteiger partial charge in [0, 0.05) is 19.1 Å². The minimum absolute atomic E-state index is 0.0151. The molecule has 1 atom stereocenters. The first-order valence-electron chi connectivity index (χ1n) is 7.66. The van der Waals surface area contributed by atoms with Gasteiger partial charge in [0.1, 0.15) is 11.6 Å². The standard InChI is InChI=1S/C18H18F2N2O/c19-14-6-3-12(4-7-14)13-5-8-16(17(20)10-13)18(23)22-9-1-2-15(22)11-21/h3-8,10,15H,1-2,9,11,21H2. The third-order valence-electron chi connectivity index (χ3n) is 4.29. The maximum absolute atomic E-state index is 14.4. The van der Waals surface area contributed by atoms with Crippen molar-refractivity contribution in [3.8, 4) is 11.1 Å². The lowest BCUT2D eigenvalue weighted by molar-refractivity contribution is 0.0736. The van der Waals surface area contributed by atoms with Gasteiger partial charge in [-0.05, 0) is 48.2 Å². The van der Waals surface area contributed by atoms with E-state index in [0.717, 1.165) is 12.8 Å². The van der Waals surface area contributed by atoms with Crippen molar-refractivity contribution < 1.29 is 13.6 Å². The van der Waals surface area contributed by atoms with E-state index in [1.165, 1.54) is 24.3 Å². The van der Waals surface area contributed by atoms with Gasteiger partial charge in [-0.3, -0.25) is 4.79 Å². The molecule has 1 aliphatic rings. The van der Waals surface area contributed by atoms with Gasteiger partial charge >= 0.3 is 0 Å². The first-order valence-corrected chi connectivity index (χ1v) is 7.66. The average Bonchev–Trinajstić information content (AvgIpc) is 3.03. The van der Waals surface area contributed by atoms with E-state index in [-0.39, 0.29) is 23.3 Å². The fourth-order valence-corrected chi connectivity index (χ4v) is 3.01. The van der Waals surface area contributed by atoms with Gasteiger partial charge in [-0.1, -0.05) is 18.2 Å². The lowest BCUT2D eigenvalue weighted by atomic mass is 10.0. The third kappa shape index (κ3) is 3.10. The van der Waals surface area contributed by atoms with Crippen molar-refractivity contribution in [2.45, 2.75) is 18.9 Å². The second-order valence-electron chi connectivity index (χ2n) is 5.73. The highest BCUT2D eigenvalue weighted by molar-refractivity contribution is 5.95. The molecule has 0 aromatic heterocycles. The van der Waals surface area contributed by atoms with Gasteiger partial charge in [0.05, 0.1) is 5.56 Å². The molecule has 1 saturated heterocycles. The van der Waals surface area contributed by atoms with Gasteiger partial charge in [-0.2, -0.15) is 0 Å². The molecule has 1 heterocycles. The molecule has 5 heteroatoms. The van der Waals surface area contributed by atoms with Crippen molar-refractivity contribution in [1.82, 2.24) is 4.90 Å². The van der Waals surface area contributed by atoms with Crippen LogP contribution in [0.1, 0.15) is 23.2 Å². The number of amides is 1. The molecular weight excluding hydrogens is 298 g/mol. The predicted octanol–water partition coefficient (Wildman–Crippen LogP) is 3.20. The Kier molecular flexibility index (Phi) is 4.39. The van der Waals surface area contributed by atoms with Crippen molar-refractivity contribution in [3.05, 3.63) is 59.7 Å². The normalized spacial score (nSPS) is 17.5. The molecule has 1 amide bonds. The number of hydrogen-bond acceptors (Lipinski definition) is 2. The van der Waals surface area contributed by atoms with Crippen LogP contribution in [0.5, 0.6) is 0 Å². The van der Waals surface area contributed by atoms with Crippen LogP contribution in [0.4, 0.5) is 8.78 Å². The summed E-state index contributed by atoms with van der Waals surface area (Å²) in [5, 5.41) is 0. The van der Waals surface area contributed by atoms with Crippen LogP contribution in [0, 0.1) is 11.6 Å². The Morgan fingerprint density at radius 3 is 2.48 bits per heavy atom. The number of benzene rings is 2. The summed E-state index contributed by atoms with van der Waals surface area (Å²) in [7, 11) is 0. The van der Waals surface area contributed by atoms with Crippen molar-refractivity contribution >= 4 is 5.91 Å². The number of hydrogen-bond donors (Lipinski definition) is 1. The largest absolute Gasteiger partial charge is 0.334 e. The number of nitrogens with zero attached hydrogens (tertiary/aromatic N) is 1. The van der Waals surface area contributed by atoms with Gasteiger partial charge in [0.25, 0.3) is 5.91 Å². The second kappa shape index (κ2) is 6.46. The van der Waals surface area contributed by atoms with Crippen LogP contribution in [-0.2, 0) is 0 Å². The SMILES string of the molecule is NCC1CCCN1C(=O)c1ccc(-c2ccc(F)cc2)cc1F. The van der Waals surface area contributed by atoms with E-state index in [0.29, 0.717) is 24.2 Å². The van der Waals surface area contributed by atoms with Gasteiger partial charge in [0.2, 0.25) is 0 Å². The Balaban J connectivity index is 1.87. The summed E-state index contributed by atoms with van der Waals surface area (Å²) in [4.78, 5) is 14.2. The first kappa shape index (κ1) is 15.6. The van der Waals surface area contributed by atoms with Crippen molar-refractivity contribution in [3.63, 3.8) is 0 Å². The number of carbonyl (C=O) groups is 1. The summed E-state index contributed by atoms with van der Waals surface area (Å²) in [6.45, 7) is 1.00. The summed E-state index contributed by atoms with van der Waals surface area (Å²) in [5.74, 6) is -1.23. The fourth-order valence-electron chi connectivity index (χ4n) is 3.01. The molecule has 0 bridgehead atoms. The summed E-state index contributed by atoms with van der Waals surface area (Å²) in [5.41, 5.74) is 7.03. The average molecular weight is 316 g/mol. The molecule has 0 saturated carbocycles. The highest BCUT2D eigenvalue weighted by Gasteiger charge is 2.29. The Hall–Kier alpha value is -2.27. The van der Waals surface area contributed by atoms with E-state index in [4.69, 9.17) is 5.73 Å². The summed E-state index contributed by atoms with van der Waals surface area (Å²) < 4.78 is 27.4. The molecule has 2 N–H and O–H groups in total. The Morgan fingerprint density at radius 1 is 1.13 bits per heavy atom. The molecule has 0 spiro atoms. The van der Waals surface area contributed by atoms with Gasteiger partial charge in [0.15, 0.2) is 0 Å². The van der Waals surface area contributed by atoms with Crippen molar-refractivity contribution in [2.75, 3.05) is 13.1 Å². The number of nitrogens with two attached hydrogens (primary N) is 1. The molecular formula is C18H18F2N2O. The Bertz CT molecular complexity index is 715. The zero-order valence-electron chi connectivity index (χ0n) is 12.6. The summed E-state index contributed by atoms with van der Waals surface area (Å²) in [6, 6.07) is 10.3. The van der Waals surface area contributed by atoms with E-state index < -0.39 is 5.82 Å². The maximum atomic E-state index is 14.4. The first-order chi connectivity index (χ1) is 11.1. The van der Waals surface area contributed by atoms with Crippen LogP contribution in [0.15, 0.2) is 42.5 Å². The van der Waals surface area contributed by atoms with Gasteiger partial charge in [-0.15, -0.1) is 0 Å². The smallest absolute Gasteiger partial charge is 0.257 e. The number of carbonyl (C=O) groups excluding carboxylic acids is 1. The maximum Gasteiger partial charge on any atom is 0.257 e. The molecule has 2 aromatic rings. The minimum Gasteiger partial charge on any atom is -0.334 e. The summed E-state index contributed by atoms with van der Waals surface area (Å²) in [6.07, 6.45) is 1.75. The molecule has 2 aromatic carbocycles. The zero-order chi connectivity index (χ0) is 16.4.